The van der Waals surface area contributed by atoms with E-state index in [4.69, 9.17) is 5.21 Å². The molecule has 5 nitrogen and oxygen atoms in total. The number of hydroxylamine groups is 1. The highest BCUT2D eigenvalue weighted by Crippen LogP contribution is 2.21. The van der Waals surface area contributed by atoms with Crippen molar-refractivity contribution in [3.05, 3.63) is 59.7 Å². The maximum Gasteiger partial charge on any atom is 0.251 e. The summed E-state index contributed by atoms with van der Waals surface area (Å²) in [7, 11) is 0. The molecule has 0 aromatic heterocycles. The van der Waals surface area contributed by atoms with Crippen LogP contribution in [0.25, 0.3) is 11.1 Å². The molecule has 156 valence electrons. The molecule has 5 heteroatoms. The minimum atomic E-state index is -0.453. The molecule has 0 aliphatic carbocycles. The van der Waals surface area contributed by atoms with Crippen LogP contribution in [0.1, 0.15) is 67.8 Å². The number of hydrogen-bond acceptors (Lipinski definition) is 3. The average Bonchev–Trinajstić information content (AvgIpc) is 2.76. The molecule has 29 heavy (non-hydrogen) atoms. The van der Waals surface area contributed by atoms with E-state index in [0.717, 1.165) is 17.5 Å². The van der Waals surface area contributed by atoms with Gasteiger partial charge >= 0.3 is 0 Å². The molecule has 0 saturated carbocycles. The van der Waals surface area contributed by atoms with E-state index >= 15 is 0 Å². The summed E-state index contributed by atoms with van der Waals surface area (Å²) in [6.45, 7) is 2.62. The Kier molecular flexibility index (Phi) is 9.93. The zero-order valence-corrected chi connectivity index (χ0v) is 17.2. The van der Waals surface area contributed by atoms with E-state index < -0.39 is 5.91 Å². The number of carbonyl (C=O) groups excluding carboxylic acids is 2. The van der Waals surface area contributed by atoms with Crippen LogP contribution in [0, 0.1) is 0 Å². The topological polar surface area (TPSA) is 78.4 Å². The van der Waals surface area contributed by atoms with Crippen LogP contribution in [-0.2, 0) is 11.2 Å². The van der Waals surface area contributed by atoms with Crippen molar-refractivity contribution in [1.29, 1.82) is 0 Å². The number of unbranched alkanes of at least 4 members (excludes halogenated alkanes) is 4. The lowest BCUT2D eigenvalue weighted by Gasteiger charge is -2.07. The Bertz CT molecular complexity index is 755. The van der Waals surface area contributed by atoms with Gasteiger partial charge in [0, 0.05) is 18.5 Å². The van der Waals surface area contributed by atoms with Crippen LogP contribution in [0.4, 0.5) is 0 Å². The highest BCUT2D eigenvalue weighted by molar-refractivity contribution is 5.94. The Morgan fingerprint density at radius 3 is 2.07 bits per heavy atom. The number of hydrogen-bond donors (Lipinski definition) is 3. The van der Waals surface area contributed by atoms with E-state index in [-0.39, 0.29) is 12.3 Å². The second-order valence-corrected chi connectivity index (χ2v) is 7.33. The Morgan fingerprint density at radius 2 is 1.45 bits per heavy atom. The van der Waals surface area contributed by atoms with E-state index in [9.17, 15) is 9.59 Å². The number of rotatable bonds is 12. The first-order valence-electron chi connectivity index (χ1n) is 10.5. The molecule has 0 spiro atoms. The molecule has 0 saturated heterocycles. The van der Waals surface area contributed by atoms with Gasteiger partial charge in [0.1, 0.15) is 0 Å². The van der Waals surface area contributed by atoms with Crippen LogP contribution in [0.2, 0.25) is 0 Å². The lowest BCUT2D eigenvalue weighted by atomic mass is 10.00. The van der Waals surface area contributed by atoms with Gasteiger partial charge in [0.15, 0.2) is 0 Å². The van der Waals surface area contributed by atoms with Crippen molar-refractivity contribution < 1.29 is 14.8 Å². The van der Waals surface area contributed by atoms with E-state index in [1.54, 1.807) is 5.48 Å². The first-order chi connectivity index (χ1) is 14.1. The Morgan fingerprint density at radius 1 is 0.828 bits per heavy atom. The van der Waals surface area contributed by atoms with Gasteiger partial charge in [-0.05, 0) is 48.1 Å². The third-order valence-electron chi connectivity index (χ3n) is 4.99. The Labute approximate surface area is 173 Å². The van der Waals surface area contributed by atoms with Gasteiger partial charge in [-0.15, -0.1) is 0 Å². The van der Waals surface area contributed by atoms with E-state index in [1.165, 1.54) is 37.7 Å². The van der Waals surface area contributed by atoms with Gasteiger partial charge in [-0.1, -0.05) is 69.0 Å². The molecular weight excluding hydrogens is 364 g/mol. The molecule has 0 heterocycles. The zero-order chi connectivity index (χ0) is 20.9. The molecule has 0 aliphatic heterocycles. The number of carbonyl (C=O) groups is 2. The number of benzene rings is 2. The average molecular weight is 397 g/mol. The maximum atomic E-state index is 12.2. The van der Waals surface area contributed by atoms with Crippen molar-refractivity contribution in [3.8, 4) is 11.1 Å². The molecule has 0 atom stereocenters. The standard InChI is InChI=1S/C24H32N2O3/c1-2-3-4-5-6-8-19-10-12-20(13-11-19)21-14-16-22(17-15-21)24(28)25-18-7-9-23(27)26-29/h10-17,29H,2-9,18H2,1H3,(H,25,28)(H,26,27). The molecule has 2 amide bonds. The molecule has 0 unspecified atom stereocenters. The van der Waals surface area contributed by atoms with Crippen molar-refractivity contribution in [3.63, 3.8) is 0 Å². The van der Waals surface area contributed by atoms with Crippen LogP contribution in [0.5, 0.6) is 0 Å². The quantitative estimate of drug-likeness (QED) is 0.272. The maximum absolute atomic E-state index is 12.2. The number of nitrogens with one attached hydrogen (secondary N) is 2. The highest BCUT2D eigenvalue weighted by Gasteiger charge is 2.06. The van der Waals surface area contributed by atoms with Gasteiger partial charge < -0.3 is 5.32 Å². The summed E-state index contributed by atoms with van der Waals surface area (Å²) in [5.74, 6) is -0.620. The van der Waals surface area contributed by atoms with Crippen LogP contribution >= 0.6 is 0 Å². The lowest BCUT2D eigenvalue weighted by Crippen LogP contribution is -2.26. The minimum absolute atomic E-state index is 0.167. The first-order valence-corrected chi connectivity index (χ1v) is 10.5. The monoisotopic (exact) mass is 396 g/mol. The molecule has 0 aliphatic rings. The van der Waals surface area contributed by atoms with Gasteiger partial charge in [-0.25, -0.2) is 5.48 Å². The summed E-state index contributed by atoms with van der Waals surface area (Å²) in [5.41, 5.74) is 5.75. The summed E-state index contributed by atoms with van der Waals surface area (Å²) < 4.78 is 0. The molecule has 2 aromatic carbocycles. The van der Waals surface area contributed by atoms with Gasteiger partial charge in [0.2, 0.25) is 5.91 Å². The predicted octanol–water partition coefficient (Wildman–Crippen LogP) is 4.88. The largest absolute Gasteiger partial charge is 0.352 e. The number of aryl methyl sites for hydroxylation is 1. The van der Waals surface area contributed by atoms with Crippen LogP contribution in [0.3, 0.4) is 0 Å². The summed E-state index contributed by atoms with van der Waals surface area (Å²) >= 11 is 0. The minimum Gasteiger partial charge on any atom is -0.352 e. The van der Waals surface area contributed by atoms with Gasteiger partial charge in [0.05, 0.1) is 0 Å². The van der Waals surface area contributed by atoms with E-state index in [2.05, 4.69) is 36.5 Å². The molecule has 2 aromatic rings. The molecule has 3 N–H and O–H groups in total. The molecule has 0 radical (unpaired) electrons. The fourth-order valence-electron chi connectivity index (χ4n) is 3.22. The van der Waals surface area contributed by atoms with Crippen molar-refractivity contribution in [1.82, 2.24) is 10.8 Å². The zero-order valence-electron chi connectivity index (χ0n) is 17.2. The molecule has 0 fully saturated rings. The van der Waals surface area contributed by atoms with Crippen molar-refractivity contribution in [2.75, 3.05) is 6.54 Å². The third kappa shape index (κ3) is 8.08. The van der Waals surface area contributed by atoms with Gasteiger partial charge in [0.25, 0.3) is 5.91 Å². The summed E-state index contributed by atoms with van der Waals surface area (Å²) in [4.78, 5) is 23.1. The van der Waals surface area contributed by atoms with Crippen LogP contribution < -0.4 is 10.8 Å². The van der Waals surface area contributed by atoms with Crippen molar-refractivity contribution in [2.24, 2.45) is 0 Å². The van der Waals surface area contributed by atoms with Crippen LogP contribution in [-0.4, -0.2) is 23.6 Å². The normalized spacial score (nSPS) is 10.6. The summed E-state index contributed by atoms with van der Waals surface area (Å²) in [5, 5.41) is 11.2. The molecule has 2 rings (SSSR count). The summed E-state index contributed by atoms with van der Waals surface area (Å²) in [6.07, 6.45) is 8.25. The smallest absolute Gasteiger partial charge is 0.251 e. The van der Waals surface area contributed by atoms with E-state index in [0.29, 0.717) is 18.5 Å². The third-order valence-corrected chi connectivity index (χ3v) is 4.99. The van der Waals surface area contributed by atoms with E-state index in [1.807, 2.05) is 24.3 Å². The van der Waals surface area contributed by atoms with Gasteiger partial charge in [-0.3, -0.25) is 14.8 Å². The Hall–Kier alpha value is -2.66. The van der Waals surface area contributed by atoms with Crippen molar-refractivity contribution >= 4 is 11.8 Å². The predicted molar refractivity (Wildman–Crippen MR) is 116 cm³/mol. The SMILES string of the molecule is CCCCCCCc1ccc(-c2ccc(C(=O)NCCCC(=O)NO)cc2)cc1. The van der Waals surface area contributed by atoms with Crippen molar-refractivity contribution in [2.45, 2.75) is 58.3 Å². The summed E-state index contributed by atoms with van der Waals surface area (Å²) in [6, 6.07) is 16.2. The Balaban J connectivity index is 1.81. The van der Waals surface area contributed by atoms with Crippen LogP contribution in [0.15, 0.2) is 48.5 Å². The second kappa shape index (κ2) is 12.7. The fraction of sp³-hybridized carbons (Fsp3) is 0.417. The first kappa shape index (κ1) is 22.6. The number of amides is 2. The molecular formula is C24H32N2O3. The lowest BCUT2D eigenvalue weighted by molar-refractivity contribution is -0.129. The molecule has 0 bridgehead atoms. The van der Waals surface area contributed by atoms with Gasteiger partial charge in [-0.2, -0.15) is 0 Å². The highest BCUT2D eigenvalue weighted by atomic mass is 16.5. The second-order valence-electron chi connectivity index (χ2n) is 7.33. The fourth-order valence-corrected chi connectivity index (χ4v) is 3.22.